The standard InChI is InChI=1S/C27H23N3O3/c1-18(28)20-10-12-25-24(14-20)30-27(33-25)21-11-13-26(29-16-21)32-23-9-5-8-22(15-23)31-17-19-6-3-2-4-7-19/h2-16,18H,17,28H2,1H3/t18-/m0/s1. The van der Waals surface area contributed by atoms with Crippen LogP contribution in [0, 0.1) is 0 Å². The zero-order chi connectivity index (χ0) is 22.6. The van der Waals surface area contributed by atoms with Crippen LogP contribution in [0.3, 0.4) is 0 Å². The van der Waals surface area contributed by atoms with Crippen molar-refractivity contribution in [3.05, 3.63) is 102 Å². The molecule has 0 bridgehead atoms. The lowest BCUT2D eigenvalue weighted by molar-refractivity contribution is 0.304. The molecule has 0 radical (unpaired) electrons. The van der Waals surface area contributed by atoms with Gasteiger partial charge in [-0.1, -0.05) is 42.5 Å². The second kappa shape index (κ2) is 9.14. The van der Waals surface area contributed by atoms with E-state index in [1.54, 1.807) is 12.3 Å². The Morgan fingerprint density at radius 2 is 1.76 bits per heavy atom. The highest BCUT2D eigenvalue weighted by atomic mass is 16.5. The van der Waals surface area contributed by atoms with Crippen molar-refractivity contribution in [3.63, 3.8) is 0 Å². The van der Waals surface area contributed by atoms with Crippen LogP contribution in [0.15, 0.2) is 95.5 Å². The fraction of sp³-hybridized carbons (Fsp3) is 0.111. The molecule has 0 aliphatic heterocycles. The fourth-order valence-electron chi connectivity index (χ4n) is 3.41. The smallest absolute Gasteiger partial charge is 0.228 e. The van der Waals surface area contributed by atoms with Gasteiger partial charge < -0.3 is 19.6 Å². The van der Waals surface area contributed by atoms with Crippen LogP contribution >= 0.6 is 0 Å². The first-order valence-corrected chi connectivity index (χ1v) is 10.7. The molecule has 5 rings (SSSR count). The predicted molar refractivity (Wildman–Crippen MR) is 127 cm³/mol. The molecule has 6 nitrogen and oxygen atoms in total. The molecule has 2 N–H and O–H groups in total. The van der Waals surface area contributed by atoms with Gasteiger partial charge in [0.2, 0.25) is 11.8 Å². The zero-order valence-electron chi connectivity index (χ0n) is 18.1. The Kier molecular flexibility index (Phi) is 5.74. The number of hydrogen-bond donors (Lipinski definition) is 1. The van der Waals surface area contributed by atoms with Gasteiger partial charge in [-0.3, -0.25) is 0 Å². The normalized spacial score (nSPS) is 11.9. The van der Waals surface area contributed by atoms with Gasteiger partial charge >= 0.3 is 0 Å². The number of oxazole rings is 1. The quantitative estimate of drug-likeness (QED) is 0.323. The first kappa shape index (κ1) is 20.7. The van der Waals surface area contributed by atoms with Gasteiger partial charge in [-0.05, 0) is 48.4 Å². The van der Waals surface area contributed by atoms with Gasteiger partial charge in [0.15, 0.2) is 5.58 Å². The summed E-state index contributed by atoms with van der Waals surface area (Å²) in [6.45, 7) is 2.43. The highest BCUT2D eigenvalue weighted by Crippen LogP contribution is 2.28. The van der Waals surface area contributed by atoms with Crippen LogP contribution in [0.4, 0.5) is 0 Å². The highest BCUT2D eigenvalue weighted by Gasteiger charge is 2.11. The van der Waals surface area contributed by atoms with Gasteiger partial charge in [-0.25, -0.2) is 9.97 Å². The van der Waals surface area contributed by atoms with E-state index < -0.39 is 0 Å². The van der Waals surface area contributed by atoms with Crippen molar-refractivity contribution in [1.82, 2.24) is 9.97 Å². The minimum Gasteiger partial charge on any atom is -0.489 e. The summed E-state index contributed by atoms with van der Waals surface area (Å²) in [4.78, 5) is 8.98. The molecule has 164 valence electrons. The first-order chi connectivity index (χ1) is 16.1. The Labute approximate surface area is 191 Å². The van der Waals surface area contributed by atoms with Crippen LogP contribution in [-0.2, 0) is 6.61 Å². The number of aromatic nitrogens is 2. The van der Waals surface area contributed by atoms with E-state index in [0.717, 1.165) is 28.0 Å². The van der Waals surface area contributed by atoms with Gasteiger partial charge in [-0.2, -0.15) is 0 Å². The summed E-state index contributed by atoms with van der Waals surface area (Å²) in [6.07, 6.45) is 1.68. The summed E-state index contributed by atoms with van der Waals surface area (Å²) in [7, 11) is 0. The lowest BCUT2D eigenvalue weighted by atomic mass is 10.1. The van der Waals surface area contributed by atoms with E-state index >= 15 is 0 Å². The molecule has 6 heteroatoms. The molecule has 0 amide bonds. The van der Waals surface area contributed by atoms with E-state index in [2.05, 4.69) is 9.97 Å². The summed E-state index contributed by atoms with van der Waals surface area (Å²) in [5.74, 6) is 2.34. The van der Waals surface area contributed by atoms with Crippen molar-refractivity contribution in [1.29, 1.82) is 0 Å². The van der Waals surface area contributed by atoms with Crippen molar-refractivity contribution in [2.45, 2.75) is 19.6 Å². The van der Waals surface area contributed by atoms with E-state index in [9.17, 15) is 0 Å². The van der Waals surface area contributed by atoms with Crippen LogP contribution < -0.4 is 15.2 Å². The molecular formula is C27H23N3O3. The third-order valence-corrected chi connectivity index (χ3v) is 5.20. The molecule has 0 aliphatic carbocycles. The lowest BCUT2D eigenvalue weighted by Gasteiger charge is -2.09. The second-order valence-corrected chi connectivity index (χ2v) is 7.77. The minimum absolute atomic E-state index is 0.0603. The molecule has 5 aromatic rings. The van der Waals surface area contributed by atoms with Crippen molar-refractivity contribution < 1.29 is 13.9 Å². The average molecular weight is 437 g/mol. The average Bonchev–Trinajstić information content (AvgIpc) is 3.28. The van der Waals surface area contributed by atoms with Crippen molar-refractivity contribution >= 4 is 11.1 Å². The molecule has 2 aromatic heterocycles. The lowest BCUT2D eigenvalue weighted by Crippen LogP contribution is -2.04. The van der Waals surface area contributed by atoms with E-state index in [1.807, 2.05) is 85.8 Å². The number of nitrogens with two attached hydrogens (primary N) is 1. The molecule has 33 heavy (non-hydrogen) atoms. The number of rotatable bonds is 7. The van der Waals surface area contributed by atoms with Crippen molar-refractivity contribution in [2.24, 2.45) is 5.73 Å². The van der Waals surface area contributed by atoms with Gasteiger partial charge in [0.05, 0.1) is 5.56 Å². The summed E-state index contributed by atoms with van der Waals surface area (Å²) in [5, 5.41) is 0. The second-order valence-electron chi connectivity index (χ2n) is 7.77. The molecule has 0 saturated carbocycles. The van der Waals surface area contributed by atoms with Gasteiger partial charge in [0, 0.05) is 24.4 Å². The monoisotopic (exact) mass is 437 g/mol. The van der Waals surface area contributed by atoms with Crippen LogP contribution in [0.2, 0.25) is 0 Å². The predicted octanol–water partition coefficient (Wildman–Crippen LogP) is 6.28. The molecular weight excluding hydrogens is 414 g/mol. The number of pyridine rings is 1. The number of hydrogen-bond acceptors (Lipinski definition) is 6. The maximum atomic E-state index is 5.97. The maximum Gasteiger partial charge on any atom is 0.228 e. The molecule has 0 fully saturated rings. The Morgan fingerprint density at radius 1 is 0.909 bits per heavy atom. The largest absolute Gasteiger partial charge is 0.489 e. The van der Waals surface area contributed by atoms with Gasteiger partial charge in [0.1, 0.15) is 23.6 Å². The van der Waals surface area contributed by atoms with E-state index in [4.69, 9.17) is 19.6 Å². The Bertz CT molecular complexity index is 1360. The third-order valence-electron chi connectivity index (χ3n) is 5.20. The Balaban J connectivity index is 1.28. The first-order valence-electron chi connectivity index (χ1n) is 10.7. The van der Waals surface area contributed by atoms with Crippen LogP contribution in [0.5, 0.6) is 17.4 Å². The van der Waals surface area contributed by atoms with Gasteiger partial charge in [0.25, 0.3) is 0 Å². The number of nitrogens with zero attached hydrogens (tertiary/aromatic N) is 2. The Morgan fingerprint density at radius 3 is 2.55 bits per heavy atom. The van der Waals surface area contributed by atoms with Crippen LogP contribution in [-0.4, -0.2) is 9.97 Å². The number of ether oxygens (including phenoxy) is 2. The summed E-state index contributed by atoms with van der Waals surface area (Å²) >= 11 is 0. The molecule has 3 aromatic carbocycles. The number of fused-ring (bicyclic) bond motifs is 1. The molecule has 0 unspecified atom stereocenters. The van der Waals surface area contributed by atoms with Gasteiger partial charge in [-0.15, -0.1) is 0 Å². The molecule has 0 aliphatic rings. The molecule has 0 saturated heterocycles. The molecule has 0 spiro atoms. The summed E-state index contributed by atoms with van der Waals surface area (Å²) in [5.41, 5.74) is 10.3. The van der Waals surface area contributed by atoms with E-state index in [0.29, 0.717) is 29.7 Å². The van der Waals surface area contributed by atoms with Crippen molar-refractivity contribution in [3.8, 4) is 28.8 Å². The fourth-order valence-corrected chi connectivity index (χ4v) is 3.41. The SMILES string of the molecule is C[C@H](N)c1ccc2oc(-c3ccc(Oc4cccc(OCc5ccccc5)c4)nc3)nc2c1. The maximum absolute atomic E-state index is 5.97. The topological polar surface area (TPSA) is 83.4 Å². The molecule has 2 heterocycles. The van der Waals surface area contributed by atoms with Crippen LogP contribution in [0.25, 0.3) is 22.6 Å². The Hall–Kier alpha value is -4.16. The van der Waals surface area contributed by atoms with E-state index in [1.165, 1.54) is 0 Å². The molecule has 1 atom stereocenters. The van der Waals surface area contributed by atoms with E-state index in [-0.39, 0.29) is 6.04 Å². The summed E-state index contributed by atoms with van der Waals surface area (Å²) in [6, 6.07) is 26.9. The van der Waals surface area contributed by atoms with Crippen LogP contribution in [0.1, 0.15) is 24.1 Å². The minimum atomic E-state index is -0.0603. The zero-order valence-corrected chi connectivity index (χ0v) is 18.1. The summed E-state index contributed by atoms with van der Waals surface area (Å²) < 4.78 is 17.7. The highest BCUT2D eigenvalue weighted by molar-refractivity contribution is 5.77. The third kappa shape index (κ3) is 4.86. The number of benzene rings is 3. The van der Waals surface area contributed by atoms with Crippen molar-refractivity contribution in [2.75, 3.05) is 0 Å².